The molecular weight excluding hydrogens is 209 g/mol. The molecule has 4 heteroatoms. The number of hydrogen-bond donors (Lipinski definition) is 2. The first kappa shape index (κ1) is 12.6. The summed E-state index contributed by atoms with van der Waals surface area (Å²) >= 11 is 0. The molecule has 1 rings (SSSR count). The predicted molar refractivity (Wildman–Crippen MR) is 59.5 cm³/mol. The van der Waals surface area contributed by atoms with Crippen molar-refractivity contribution in [3.63, 3.8) is 0 Å². The Kier molecular flexibility index (Phi) is 3.33. The molecule has 0 bridgehead atoms. The average Bonchev–Trinajstić information content (AvgIpc) is 2.20. The van der Waals surface area contributed by atoms with E-state index in [1.807, 2.05) is 0 Å². The minimum Gasteiger partial charge on any atom is -0.481 e. The molecule has 0 saturated heterocycles. The lowest BCUT2D eigenvalue weighted by atomic mass is 9.81. The maximum absolute atomic E-state index is 13.1. The van der Waals surface area contributed by atoms with E-state index in [0.29, 0.717) is 11.1 Å². The van der Waals surface area contributed by atoms with Gasteiger partial charge in [0.25, 0.3) is 0 Å². The van der Waals surface area contributed by atoms with Crippen LogP contribution >= 0.6 is 0 Å². The lowest BCUT2D eigenvalue weighted by Crippen LogP contribution is -2.36. The summed E-state index contributed by atoms with van der Waals surface area (Å²) in [6, 6.07) is 3.76. The van der Waals surface area contributed by atoms with E-state index in [1.165, 1.54) is 12.1 Å². The third-order valence-corrected chi connectivity index (χ3v) is 2.87. The van der Waals surface area contributed by atoms with Gasteiger partial charge in [0.1, 0.15) is 5.82 Å². The maximum Gasteiger partial charge on any atom is 0.311 e. The summed E-state index contributed by atoms with van der Waals surface area (Å²) < 4.78 is 13.1. The molecule has 1 aromatic rings. The van der Waals surface area contributed by atoms with Gasteiger partial charge in [0.2, 0.25) is 0 Å². The Morgan fingerprint density at radius 2 is 2.06 bits per heavy atom. The second-order valence-electron chi connectivity index (χ2n) is 4.51. The van der Waals surface area contributed by atoms with Gasteiger partial charge in [-0.25, -0.2) is 4.39 Å². The van der Waals surface area contributed by atoms with Crippen molar-refractivity contribution in [3.8, 4) is 0 Å². The molecule has 0 aliphatic carbocycles. The Balaban J connectivity index is 3.10. The molecular formula is C12H16FNO2. The van der Waals surface area contributed by atoms with Crippen molar-refractivity contribution in [2.24, 2.45) is 11.1 Å². The Labute approximate surface area is 94.1 Å². The van der Waals surface area contributed by atoms with E-state index >= 15 is 0 Å². The van der Waals surface area contributed by atoms with Crippen LogP contribution in [0.5, 0.6) is 0 Å². The van der Waals surface area contributed by atoms with Gasteiger partial charge in [0.05, 0.1) is 5.41 Å². The van der Waals surface area contributed by atoms with Gasteiger partial charge in [-0.05, 0) is 38.0 Å². The number of nitrogens with two attached hydrogens (primary N) is 1. The normalized spacial score (nSPS) is 13.6. The van der Waals surface area contributed by atoms with E-state index in [0.717, 1.165) is 0 Å². The molecule has 0 saturated carbocycles. The minimum absolute atomic E-state index is 0.316. The zero-order chi connectivity index (χ0) is 12.5. The molecule has 0 fully saturated rings. The van der Waals surface area contributed by atoms with Crippen LogP contribution in [0.2, 0.25) is 0 Å². The first-order valence-electron chi connectivity index (χ1n) is 5.02. The third-order valence-electron chi connectivity index (χ3n) is 2.87. The van der Waals surface area contributed by atoms with Gasteiger partial charge in [-0.15, -0.1) is 0 Å². The van der Waals surface area contributed by atoms with Crippen molar-refractivity contribution in [3.05, 3.63) is 35.1 Å². The number of carboxylic acids is 1. The van der Waals surface area contributed by atoms with Crippen LogP contribution in [0.4, 0.5) is 4.39 Å². The fourth-order valence-corrected chi connectivity index (χ4v) is 1.41. The van der Waals surface area contributed by atoms with Crippen LogP contribution in [0, 0.1) is 18.2 Å². The molecule has 0 radical (unpaired) electrons. The van der Waals surface area contributed by atoms with Gasteiger partial charge in [0, 0.05) is 6.04 Å². The lowest BCUT2D eigenvalue weighted by Gasteiger charge is -2.27. The van der Waals surface area contributed by atoms with Gasteiger partial charge in [-0.2, -0.15) is 0 Å². The molecule has 0 aromatic heterocycles. The van der Waals surface area contributed by atoms with Crippen LogP contribution in [-0.4, -0.2) is 11.1 Å². The highest BCUT2D eigenvalue weighted by molar-refractivity contribution is 5.75. The number of hydrogen-bond acceptors (Lipinski definition) is 2. The highest BCUT2D eigenvalue weighted by Gasteiger charge is 2.35. The summed E-state index contributed by atoms with van der Waals surface area (Å²) in [5.74, 6) is -1.29. The lowest BCUT2D eigenvalue weighted by molar-refractivity contribution is -0.148. The Morgan fingerprint density at radius 1 is 1.50 bits per heavy atom. The maximum atomic E-state index is 13.1. The first-order chi connectivity index (χ1) is 7.26. The molecule has 0 spiro atoms. The molecule has 0 aliphatic rings. The van der Waals surface area contributed by atoms with Crippen LogP contribution in [-0.2, 0) is 4.79 Å². The monoisotopic (exact) mass is 225 g/mol. The first-order valence-corrected chi connectivity index (χ1v) is 5.02. The SMILES string of the molecule is Cc1cc(C(N)C(C)(C)C(=O)O)ccc1F. The quantitative estimate of drug-likeness (QED) is 0.829. The zero-order valence-electron chi connectivity index (χ0n) is 9.62. The van der Waals surface area contributed by atoms with E-state index in [-0.39, 0.29) is 5.82 Å². The number of carbonyl (C=O) groups is 1. The molecule has 0 heterocycles. The molecule has 16 heavy (non-hydrogen) atoms. The van der Waals surface area contributed by atoms with E-state index in [2.05, 4.69) is 0 Å². The van der Waals surface area contributed by atoms with Crippen LogP contribution < -0.4 is 5.73 Å². The van der Waals surface area contributed by atoms with Gasteiger partial charge in [0.15, 0.2) is 0 Å². The fraction of sp³-hybridized carbons (Fsp3) is 0.417. The molecule has 0 aliphatic heterocycles. The number of halogens is 1. The smallest absolute Gasteiger partial charge is 0.311 e. The van der Waals surface area contributed by atoms with Crippen LogP contribution in [0.3, 0.4) is 0 Å². The van der Waals surface area contributed by atoms with Gasteiger partial charge < -0.3 is 10.8 Å². The standard InChI is InChI=1S/C12H16FNO2/c1-7-6-8(4-5-9(7)13)10(14)12(2,3)11(15)16/h4-6,10H,14H2,1-3H3,(H,15,16). The van der Waals surface area contributed by atoms with E-state index in [9.17, 15) is 9.18 Å². The Hall–Kier alpha value is -1.42. The zero-order valence-corrected chi connectivity index (χ0v) is 9.62. The molecule has 1 unspecified atom stereocenters. The van der Waals surface area contributed by atoms with Crippen LogP contribution in [0.25, 0.3) is 0 Å². The Bertz CT molecular complexity index is 415. The minimum atomic E-state index is -1.08. The second kappa shape index (κ2) is 4.22. The molecule has 1 atom stereocenters. The summed E-state index contributed by atoms with van der Waals surface area (Å²) in [5.41, 5.74) is 5.91. The van der Waals surface area contributed by atoms with Crippen molar-refractivity contribution in [2.45, 2.75) is 26.8 Å². The highest BCUT2D eigenvalue weighted by atomic mass is 19.1. The van der Waals surface area contributed by atoms with Gasteiger partial charge in [-0.1, -0.05) is 12.1 Å². The molecule has 88 valence electrons. The molecule has 3 N–H and O–H groups in total. The summed E-state index contributed by atoms with van der Waals surface area (Å²) in [6.07, 6.45) is 0. The fourth-order valence-electron chi connectivity index (χ4n) is 1.41. The van der Waals surface area contributed by atoms with E-state index in [4.69, 9.17) is 10.8 Å². The van der Waals surface area contributed by atoms with Crippen LogP contribution in [0.15, 0.2) is 18.2 Å². The van der Waals surface area contributed by atoms with Gasteiger partial charge in [-0.3, -0.25) is 4.79 Å². The third kappa shape index (κ3) is 2.22. The van der Waals surface area contributed by atoms with Crippen molar-refractivity contribution < 1.29 is 14.3 Å². The summed E-state index contributed by atoms with van der Waals surface area (Å²) in [7, 11) is 0. The predicted octanol–water partition coefficient (Wildman–Crippen LogP) is 2.24. The number of rotatable bonds is 3. The number of carboxylic acid groups (broad SMARTS) is 1. The number of aliphatic carboxylic acids is 1. The number of aryl methyl sites for hydroxylation is 1. The van der Waals surface area contributed by atoms with Crippen molar-refractivity contribution in [1.82, 2.24) is 0 Å². The van der Waals surface area contributed by atoms with Crippen molar-refractivity contribution in [1.29, 1.82) is 0 Å². The van der Waals surface area contributed by atoms with Crippen molar-refractivity contribution in [2.75, 3.05) is 0 Å². The summed E-state index contributed by atoms with van der Waals surface area (Å²) in [4.78, 5) is 11.0. The largest absolute Gasteiger partial charge is 0.481 e. The number of benzene rings is 1. The van der Waals surface area contributed by atoms with Crippen LogP contribution in [0.1, 0.15) is 31.0 Å². The van der Waals surface area contributed by atoms with Gasteiger partial charge >= 0.3 is 5.97 Å². The van der Waals surface area contributed by atoms with E-state index in [1.54, 1.807) is 26.8 Å². The Morgan fingerprint density at radius 3 is 2.50 bits per heavy atom. The van der Waals surface area contributed by atoms with Crippen molar-refractivity contribution >= 4 is 5.97 Å². The summed E-state index contributed by atoms with van der Waals surface area (Å²) in [6.45, 7) is 4.73. The summed E-state index contributed by atoms with van der Waals surface area (Å²) in [5, 5.41) is 9.04. The molecule has 3 nitrogen and oxygen atoms in total. The second-order valence-corrected chi connectivity index (χ2v) is 4.51. The molecule has 1 aromatic carbocycles. The van der Waals surface area contributed by atoms with E-state index < -0.39 is 17.4 Å². The highest BCUT2D eigenvalue weighted by Crippen LogP contribution is 2.32. The molecule has 0 amide bonds. The topological polar surface area (TPSA) is 63.3 Å². The average molecular weight is 225 g/mol.